The molecule has 0 saturated heterocycles. The van der Waals surface area contributed by atoms with Crippen LogP contribution >= 0.6 is 0 Å². The predicted molar refractivity (Wildman–Crippen MR) is 101 cm³/mol. The first kappa shape index (κ1) is 18.5. The fourth-order valence-corrected chi connectivity index (χ4v) is 3.31. The van der Waals surface area contributed by atoms with Crippen molar-refractivity contribution in [3.63, 3.8) is 0 Å². The SMILES string of the molecule is COc1cccc(CNc2ccc(S(=O)(=O)Nc3ncccn3)cc2)c1O. The second-order valence-corrected chi connectivity index (χ2v) is 7.21. The van der Waals surface area contributed by atoms with Gasteiger partial charge in [-0.15, -0.1) is 0 Å². The van der Waals surface area contributed by atoms with Crippen LogP contribution in [0.25, 0.3) is 0 Å². The topological polar surface area (TPSA) is 113 Å². The number of phenolic OH excluding ortho intramolecular Hbond substituents is 1. The van der Waals surface area contributed by atoms with E-state index in [0.717, 1.165) is 0 Å². The maximum Gasteiger partial charge on any atom is 0.264 e. The smallest absolute Gasteiger partial charge is 0.264 e. The second-order valence-electron chi connectivity index (χ2n) is 5.52. The first-order chi connectivity index (χ1) is 13.0. The molecule has 0 radical (unpaired) electrons. The van der Waals surface area contributed by atoms with Crippen molar-refractivity contribution in [1.29, 1.82) is 0 Å². The minimum absolute atomic E-state index is 0.00759. The number of ether oxygens (including phenoxy) is 1. The number of phenols is 1. The molecule has 0 aliphatic rings. The molecule has 0 atom stereocenters. The zero-order chi connectivity index (χ0) is 19.3. The number of nitrogens with zero attached hydrogens (tertiary/aromatic N) is 2. The Morgan fingerprint density at radius 2 is 1.74 bits per heavy atom. The molecule has 0 bridgehead atoms. The third kappa shape index (κ3) is 4.45. The zero-order valence-electron chi connectivity index (χ0n) is 14.5. The van der Waals surface area contributed by atoms with Gasteiger partial charge in [0, 0.05) is 30.2 Å². The predicted octanol–water partition coefficient (Wildman–Crippen LogP) is 2.60. The van der Waals surface area contributed by atoms with Crippen molar-refractivity contribution in [1.82, 2.24) is 9.97 Å². The van der Waals surface area contributed by atoms with Gasteiger partial charge >= 0.3 is 0 Å². The molecule has 0 unspecified atom stereocenters. The quantitative estimate of drug-likeness (QED) is 0.572. The Kier molecular flexibility index (Phi) is 5.41. The molecule has 9 heteroatoms. The monoisotopic (exact) mass is 386 g/mol. The summed E-state index contributed by atoms with van der Waals surface area (Å²) in [6.07, 6.45) is 2.90. The summed E-state index contributed by atoms with van der Waals surface area (Å²) in [7, 11) is -2.29. The van der Waals surface area contributed by atoms with Crippen molar-refractivity contribution in [3.8, 4) is 11.5 Å². The van der Waals surface area contributed by atoms with Gasteiger partial charge in [0.05, 0.1) is 12.0 Å². The molecule has 3 rings (SSSR count). The van der Waals surface area contributed by atoms with Crippen molar-refractivity contribution in [2.75, 3.05) is 17.1 Å². The summed E-state index contributed by atoms with van der Waals surface area (Å²) >= 11 is 0. The molecule has 0 amide bonds. The summed E-state index contributed by atoms with van der Waals surface area (Å²) in [5.74, 6) is 0.469. The highest BCUT2D eigenvalue weighted by atomic mass is 32.2. The van der Waals surface area contributed by atoms with Gasteiger partial charge in [-0.05, 0) is 36.4 Å². The van der Waals surface area contributed by atoms with Gasteiger partial charge in [-0.25, -0.2) is 23.1 Å². The van der Waals surface area contributed by atoms with Gasteiger partial charge in [0.2, 0.25) is 5.95 Å². The lowest BCUT2D eigenvalue weighted by atomic mass is 10.2. The van der Waals surface area contributed by atoms with Crippen LogP contribution in [0.15, 0.2) is 65.8 Å². The number of hydrogen-bond donors (Lipinski definition) is 3. The number of hydrogen-bond acceptors (Lipinski definition) is 7. The molecule has 0 saturated carbocycles. The lowest BCUT2D eigenvalue weighted by Gasteiger charge is -2.11. The van der Waals surface area contributed by atoms with E-state index in [1.54, 1.807) is 36.4 Å². The fraction of sp³-hybridized carbons (Fsp3) is 0.111. The average Bonchev–Trinajstić information content (AvgIpc) is 2.68. The third-order valence-electron chi connectivity index (χ3n) is 3.74. The van der Waals surface area contributed by atoms with E-state index in [4.69, 9.17) is 4.74 Å². The number of sulfonamides is 1. The molecule has 1 aromatic heterocycles. The first-order valence-corrected chi connectivity index (χ1v) is 9.46. The number of nitrogens with one attached hydrogen (secondary N) is 2. The Bertz CT molecular complexity index is 1010. The van der Waals surface area contributed by atoms with Crippen LogP contribution in [0.1, 0.15) is 5.56 Å². The van der Waals surface area contributed by atoms with E-state index in [-0.39, 0.29) is 16.6 Å². The maximum absolute atomic E-state index is 12.3. The van der Waals surface area contributed by atoms with Gasteiger partial charge < -0.3 is 15.2 Å². The lowest BCUT2D eigenvalue weighted by Crippen LogP contribution is -2.14. The summed E-state index contributed by atoms with van der Waals surface area (Å²) < 4.78 is 32.1. The molecule has 8 nitrogen and oxygen atoms in total. The molecular formula is C18H18N4O4S. The number of benzene rings is 2. The molecule has 27 heavy (non-hydrogen) atoms. The molecule has 0 aliphatic heterocycles. The largest absolute Gasteiger partial charge is 0.504 e. The van der Waals surface area contributed by atoms with E-state index in [0.29, 0.717) is 23.5 Å². The third-order valence-corrected chi connectivity index (χ3v) is 5.09. The summed E-state index contributed by atoms with van der Waals surface area (Å²) in [6, 6.07) is 13.0. The van der Waals surface area contributed by atoms with Gasteiger partial charge in [-0.2, -0.15) is 0 Å². The highest BCUT2D eigenvalue weighted by Crippen LogP contribution is 2.29. The van der Waals surface area contributed by atoms with Crippen molar-refractivity contribution in [2.24, 2.45) is 0 Å². The first-order valence-electron chi connectivity index (χ1n) is 7.98. The second kappa shape index (κ2) is 7.92. The van der Waals surface area contributed by atoms with E-state index in [1.165, 1.54) is 31.6 Å². The summed E-state index contributed by atoms with van der Waals surface area (Å²) in [6.45, 7) is 0.352. The van der Waals surface area contributed by atoms with Crippen LogP contribution < -0.4 is 14.8 Å². The van der Waals surface area contributed by atoms with Crippen LogP contribution in [0.4, 0.5) is 11.6 Å². The normalized spacial score (nSPS) is 11.0. The van der Waals surface area contributed by atoms with E-state index in [2.05, 4.69) is 20.0 Å². The van der Waals surface area contributed by atoms with Crippen LogP contribution in [0.5, 0.6) is 11.5 Å². The van der Waals surface area contributed by atoms with E-state index in [9.17, 15) is 13.5 Å². The van der Waals surface area contributed by atoms with Crippen molar-refractivity contribution < 1.29 is 18.3 Å². The van der Waals surface area contributed by atoms with Crippen LogP contribution in [0.3, 0.4) is 0 Å². The van der Waals surface area contributed by atoms with Gasteiger partial charge in [-0.1, -0.05) is 12.1 Å². The Morgan fingerprint density at radius 3 is 2.41 bits per heavy atom. The summed E-state index contributed by atoms with van der Waals surface area (Å²) in [5.41, 5.74) is 1.36. The van der Waals surface area contributed by atoms with Crippen LogP contribution in [0, 0.1) is 0 Å². The number of aromatic hydroxyl groups is 1. The Labute approximate surface area is 156 Å². The zero-order valence-corrected chi connectivity index (χ0v) is 15.3. The molecule has 1 heterocycles. The number of anilines is 2. The van der Waals surface area contributed by atoms with Crippen molar-refractivity contribution in [2.45, 2.75) is 11.4 Å². The number of methoxy groups -OCH3 is 1. The van der Waals surface area contributed by atoms with Crippen LogP contribution in [-0.4, -0.2) is 30.6 Å². The van der Waals surface area contributed by atoms with Gasteiger partial charge in [-0.3, -0.25) is 0 Å². The Balaban J connectivity index is 1.68. The molecule has 3 aromatic rings. The van der Waals surface area contributed by atoms with E-state index < -0.39 is 10.0 Å². The van der Waals surface area contributed by atoms with Crippen molar-refractivity contribution in [3.05, 3.63) is 66.5 Å². The van der Waals surface area contributed by atoms with E-state index in [1.807, 2.05) is 0 Å². The highest BCUT2D eigenvalue weighted by Gasteiger charge is 2.15. The average molecular weight is 386 g/mol. The molecule has 140 valence electrons. The van der Waals surface area contributed by atoms with Gasteiger partial charge in [0.1, 0.15) is 0 Å². The van der Waals surface area contributed by atoms with Gasteiger partial charge in [0.15, 0.2) is 11.5 Å². The minimum Gasteiger partial charge on any atom is -0.504 e. The Morgan fingerprint density at radius 1 is 1.04 bits per heavy atom. The van der Waals surface area contributed by atoms with Crippen molar-refractivity contribution >= 4 is 21.7 Å². The van der Waals surface area contributed by atoms with E-state index >= 15 is 0 Å². The van der Waals surface area contributed by atoms with Crippen LogP contribution in [-0.2, 0) is 16.6 Å². The minimum atomic E-state index is -3.77. The molecule has 3 N–H and O–H groups in total. The maximum atomic E-state index is 12.3. The van der Waals surface area contributed by atoms with Gasteiger partial charge in [0.25, 0.3) is 10.0 Å². The molecule has 2 aromatic carbocycles. The number of rotatable bonds is 7. The summed E-state index contributed by atoms with van der Waals surface area (Å²) in [4.78, 5) is 7.78. The Hall–Kier alpha value is -3.33. The molecule has 0 spiro atoms. The standard InChI is InChI=1S/C18H18N4O4S/c1-26-16-5-2-4-13(17(16)23)12-21-14-6-8-15(9-7-14)27(24,25)22-18-19-10-3-11-20-18/h2-11,21,23H,12H2,1H3,(H,19,20,22). The number of aromatic nitrogens is 2. The lowest BCUT2D eigenvalue weighted by molar-refractivity contribution is 0.371. The molecule has 0 aliphatic carbocycles. The molecule has 0 fully saturated rings. The summed E-state index contributed by atoms with van der Waals surface area (Å²) in [5, 5.41) is 13.2. The molecular weight excluding hydrogens is 368 g/mol. The fourth-order valence-electron chi connectivity index (χ4n) is 2.36. The number of para-hydroxylation sites is 1. The van der Waals surface area contributed by atoms with Crippen LogP contribution in [0.2, 0.25) is 0 Å². The highest BCUT2D eigenvalue weighted by molar-refractivity contribution is 7.92.